The van der Waals surface area contributed by atoms with E-state index in [0.29, 0.717) is 11.2 Å². The highest BCUT2D eigenvalue weighted by Crippen LogP contribution is 2.12. The van der Waals surface area contributed by atoms with E-state index in [2.05, 4.69) is 9.97 Å². The van der Waals surface area contributed by atoms with E-state index in [1.54, 1.807) is 12.3 Å². The lowest BCUT2D eigenvalue weighted by atomic mass is 10.2. The van der Waals surface area contributed by atoms with E-state index >= 15 is 0 Å². The number of carbonyl (C=O) groups is 1. The van der Waals surface area contributed by atoms with Crippen molar-refractivity contribution in [3.05, 3.63) is 72.1 Å². The smallest absolute Gasteiger partial charge is 0.340 e. The number of aromatic nitrogens is 2. The first kappa shape index (κ1) is 12.3. The number of benzene rings is 1. The standard InChI is InChI=1S/C16H12N2O2/c19-16(20-11-12-5-2-1-3-6-12)14-9-13-7-4-8-17-15(13)18-10-14/h1-10H,11H2. The van der Waals surface area contributed by atoms with Gasteiger partial charge in [-0.05, 0) is 23.8 Å². The van der Waals surface area contributed by atoms with Gasteiger partial charge < -0.3 is 4.74 Å². The fraction of sp³-hybridized carbons (Fsp3) is 0.0625. The third kappa shape index (κ3) is 2.64. The summed E-state index contributed by atoms with van der Waals surface area (Å²) in [6.45, 7) is 0.255. The topological polar surface area (TPSA) is 52.1 Å². The fourth-order valence-corrected chi connectivity index (χ4v) is 1.88. The molecule has 0 amide bonds. The van der Waals surface area contributed by atoms with Gasteiger partial charge in [-0.3, -0.25) is 0 Å². The van der Waals surface area contributed by atoms with Gasteiger partial charge in [-0.25, -0.2) is 14.8 Å². The maximum Gasteiger partial charge on any atom is 0.340 e. The SMILES string of the molecule is O=C(OCc1ccccc1)c1cnc2ncccc2c1. The monoisotopic (exact) mass is 264 g/mol. The molecule has 20 heavy (non-hydrogen) atoms. The number of nitrogens with zero attached hydrogens (tertiary/aromatic N) is 2. The van der Waals surface area contributed by atoms with E-state index in [1.807, 2.05) is 42.5 Å². The van der Waals surface area contributed by atoms with Crippen LogP contribution in [0.5, 0.6) is 0 Å². The van der Waals surface area contributed by atoms with Crippen molar-refractivity contribution in [1.29, 1.82) is 0 Å². The van der Waals surface area contributed by atoms with Crippen LogP contribution >= 0.6 is 0 Å². The first-order chi connectivity index (χ1) is 9.83. The Bertz CT molecular complexity index is 742. The van der Waals surface area contributed by atoms with Crippen molar-refractivity contribution >= 4 is 17.0 Å². The van der Waals surface area contributed by atoms with Gasteiger partial charge in [0.25, 0.3) is 0 Å². The van der Waals surface area contributed by atoms with Gasteiger partial charge >= 0.3 is 5.97 Å². The molecule has 0 spiro atoms. The van der Waals surface area contributed by atoms with E-state index in [9.17, 15) is 4.79 Å². The van der Waals surface area contributed by atoms with Crippen LogP contribution in [0, 0.1) is 0 Å². The van der Waals surface area contributed by atoms with Crippen LogP contribution in [0.15, 0.2) is 60.9 Å². The van der Waals surface area contributed by atoms with E-state index < -0.39 is 0 Å². The summed E-state index contributed by atoms with van der Waals surface area (Å²) in [6.07, 6.45) is 3.16. The molecule has 0 aliphatic heterocycles. The second-order valence-electron chi connectivity index (χ2n) is 4.34. The lowest BCUT2D eigenvalue weighted by molar-refractivity contribution is 0.0472. The summed E-state index contributed by atoms with van der Waals surface area (Å²) in [4.78, 5) is 20.2. The van der Waals surface area contributed by atoms with Crippen LogP contribution in [0.25, 0.3) is 11.0 Å². The second-order valence-corrected chi connectivity index (χ2v) is 4.34. The zero-order valence-electron chi connectivity index (χ0n) is 10.7. The molecule has 2 aromatic heterocycles. The summed E-state index contributed by atoms with van der Waals surface area (Å²) in [5.74, 6) is -0.382. The van der Waals surface area contributed by atoms with Crippen LogP contribution in [0.2, 0.25) is 0 Å². The number of esters is 1. The summed E-state index contributed by atoms with van der Waals surface area (Å²) >= 11 is 0. The highest BCUT2D eigenvalue weighted by Gasteiger charge is 2.09. The fourth-order valence-electron chi connectivity index (χ4n) is 1.88. The minimum Gasteiger partial charge on any atom is -0.457 e. The molecule has 3 aromatic rings. The van der Waals surface area contributed by atoms with Crippen molar-refractivity contribution in [2.45, 2.75) is 6.61 Å². The minimum atomic E-state index is -0.382. The quantitative estimate of drug-likeness (QED) is 0.682. The summed E-state index contributed by atoms with van der Waals surface area (Å²) in [5, 5.41) is 0.821. The van der Waals surface area contributed by atoms with E-state index in [1.165, 1.54) is 6.20 Å². The molecule has 0 aliphatic rings. The molecule has 0 atom stereocenters. The first-order valence-corrected chi connectivity index (χ1v) is 6.25. The molecule has 2 heterocycles. The average Bonchev–Trinajstić information content (AvgIpc) is 2.53. The Balaban J connectivity index is 1.75. The van der Waals surface area contributed by atoms with Crippen LogP contribution in [0.3, 0.4) is 0 Å². The Labute approximate surface area is 116 Å². The van der Waals surface area contributed by atoms with E-state index in [0.717, 1.165) is 10.9 Å². The predicted molar refractivity (Wildman–Crippen MR) is 75.1 cm³/mol. The molecule has 0 unspecified atom stereocenters. The molecule has 4 heteroatoms. The van der Waals surface area contributed by atoms with E-state index in [4.69, 9.17) is 4.74 Å². The van der Waals surface area contributed by atoms with Gasteiger partial charge in [-0.1, -0.05) is 30.3 Å². The van der Waals surface area contributed by atoms with Crippen molar-refractivity contribution in [3.63, 3.8) is 0 Å². The number of fused-ring (bicyclic) bond motifs is 1. The van der Waals surface area contributed by atoms with Gasteiger partial charge in [0, 0.05) is 17.8 Å². The lowest BCUT2D eigenvalue weighted by Gasteiger charge is -2.05. The number of pyridine rings is 2. The average molecular weight is 264 g/mol. The molecular formula is C16H12N2O2. The zero-order chi connectivity index (χ0) is 13.8. The van der Waals surface area contributed by atoms with Crippen LogP contribution < -0.4 is 0 Å². The molecule has 0 N–H and O–H groups in total. The number of hydrogen-bond donors (Lipinski definition) is 0. The van der Waals surface area contributed by atoms with Crippen molar-refractivity contribution in [3.8, 4) is 0 Å². The maximum atomic E-state index is 12.0. The Kier molecular flexibility index (Phi) is 3.37. The largest absolute Gasteiger partial charge is 0.457 e. The van der Waals surface area contributed by atoms with Crippen LogP contribution in [0.4, 0.5) is 0 Å². The minimum absolute atomic E-state index is 0.255. The molecule has 98 valence electrons. The second kappa shape index (κ2) is 5.48. The molecule has 0 radical (unpaired) electrons. The van der Waals surface area contributed by atoms with Crippen molar-refractivity contribution in [2.75, 3.05) is 0 Å². The Morgan fingerprint density at radius 1 is 1.05 bits per heavy atom. The van der Waals surface area contributed by atoms with Crippen molar-refractivity contribution in [1.82, 2.24) is 9.97 Å². The number of ether oxygens (including phenoxy) is 1. The van der Waals surface area contributed by atoms with E-state index in [-0.39, 0.29) is 12.6 Å². The predicted octanol–water partition coefficient (Wildman–Crippen LogP) is 2.99. The molecule has 0 saturated heterocycles. The normalized spacial score (nSPS) is 10.4. The van der Waals surface area contributed by atoms with Crippen molar-refractivity contribution in [2.24, 2.45) is 0 Å². The van der Waals surface area contributed by atoms with Crippen LogP contribution in [0.1, 0.15) is 15.9 Å². The molecular weight excluding hydrogens is 252 g/mol. The first-order valence-electron chi connectivity index (χ1n) is 6.25. The Morgan fingerprint density at radius 2 is 1.90 bits per heavy atom. The lowest BCUT2D eigenvalue weighted by Crippen LogP contribution is -2.05. The number of hydrogen-bond acceptors (Lipinski definition) is 4. The molecule has 3 rings (SSSR count). The maximum absolute atomic E-state index is 12.0. The summed E-state index contributed by atoms with van der Waals surface area (Å²) in [6, 6.07) is 15.0. The van der Waals surface area contributed by atoms with Gasteiger partial charge in [0.15, 0.2) is 5.65 Å². The van der Waals surface area contributed by atoms with Gasteiger partial charge in [0.1, 0.15) is 6.61 Å². The summed E-state index contributed by atoms with van der Waals surface area (Å²) < 4.78 is 5.26. The van der Waals surface area contributed by atoms with Crippen molar-refractivity contribution < 1.29 is 9.53 Å². The number of carbonyl (C=O) groups excluding carboxylic acids is 1. The molecule has 0 saturated carbocycles. The van der Waals surface area contributed by atoms with Crippen LogP contribution in [-0.4, -0.2) is 15.9 Å². The number of rotatable bonds is 3. The van der Waals surface area contributed by atoms with Crippen LogP contribution in [-0.2, 0) is 11.3 Å². The highest BCUT2D eigenvalue weighted by atomic mass is 16.5. The summed E-state index contributed by atoms with van der Waals surface area (Å²) in [5.41, 5.74) is 2.00. The highest BCUT2D eigenvalue weighted by molar-refractivity contribution is 5.92. The van der Waals surface area contributed by atoms with Gasteiger partial charge in [0.2, 0.25) is 0 Å². The third-order valence-electron chi connectivity index (χ3n) is 2.90. The Hall–Kier alpha value is -2.75. The molecule has 0 fully saturated rings. The van der Waals surface area contributed by atoms with Gasteiger partial charge in [-0.2, -0.15) is 0 Å². The van der Waals surface area contributed by atoms with Gasteiger partial charge in [-0.15, -0.1) is 0 Å². The molecule has 0 aliphatic carbocycles. The Morgan fingerprint density at radius 3 is 2.75 bits per heavy atom. The summed E-state index contributed by atoms with van der Waals surface area (Å²) in [7, 11) is 0. The molecule has 1 aromatic carbocycles. The molecule has 4 nitrogen and oxygen atoms in total. The zero-order valence-corrected chi connectivity index (χ0v) is 10.7. The third-order valence-corrected chi connectivity index (χ3v) is 2.90. The molecule has 0 bridgehead atoms. The van der Waals surface area contributed by atoms with Gasteiger partial charge in [0.05, 0.1) is 5.56 Å².